The van der Waals surface area contributed by atoms with Gasteiger partial charge < -0.3 is 38.8 Å². The Morgan fingerprint density at radius 2 is 2.17 bits per heavy atom. The lowest BCUT2D eigenvalue weighted by Gasteiger charge is -2.35. The summed E-state index contributed by atoms with van der Waals surface area (Å²) in [6.45, 7) is 6.07. The molecule has 5 heterocycles. The number of fused-ring (bicyclic) bond motifs is 3. The number of amides is 1. The lowest BCUT2D eigenvalue weighted by atomic mass is 9.92. The van der Waals surface area contributed by atoms with Gasteiger partial charge in [0, 0.05) is 37.0 Å². The van der Waals surface area contributed by atoms with Gasteiger partial charge in [-0.1, -0.05) is 6.08 Å². The number of nitrogens with zero attached hydrogens (tertiary/aromatic N) is 3. The van der Waals surface area contributed by atoms with Crippen LogP contribution >= 0.6 is 0 Å². The molecular weight excluding hydrogens is 546 g/mol. The van der Waals surface area contributed by atoms with Crippen LogP contribution < -0.4 is 40.8 Å². The van der Waals surface area contributed by atoms with E-state index >= 15 is 0 Å². The van der Waals surface area contributed by atoms with Crippen molar-refractivity contribution in [2.24, 2.45) is 5.73 Å². The molecule has 6 N–H and O–H groups in total. The van der Waals surface area contributed by atoms with Crippen molar-refractivity contribution in [1.29, 1.82) is 0 Å². The first-order valence-electron chi connectivity index (χ1n) is 13.8. The molecule has 0 unspecified atom stereocenters. The highest BCUT2D eigenvalue weighted by Gasteiger charge is 2.44. The van der Waals surface area contributed by atoms with Crippen molar-refractivity contribution in [3.05, 3.63) is 47.5 Å². The SMILES string of the molecule is CCOC(=O)C1=C/C(=C\Cn2ccnc2N2CN[C@H]3C(=O)N[C@@H](N)N[C@H]32)c2c(cc3c(c2OC)C[C@@H](C(C)(C)O)O3)O1. The van der Waals surface area contributed by atoms with Gasteiger partial charge in [-0.15, -0.1) is 0 Å². The van der Waals surface area contributed by atoms with Crippen molar-refractivity contribution in [2.45, 2.75) is 63.9 Å². The highest BCUT2D eigenvalue weighted by atomic mass is 16.6. The van der Waals surface area contributed by atoms with E-state index in [0.717, 1.165) is 5.56 Å². The molecule has 2 saturated heterocycles. The van der Waals surface area contributed by atoms with Crippen molar-refractivity contribution in [1.82, 2.24) is 25.5 Å². The Bertz CT molecular complexity index is 1480. The summed E-state index contributed by atoms with van der Waals surface area (Å²) in [5.41, 5.74) is 7.03. The summed E-state index contributed by atoms with van der Waals surface area (Å²) in [6, 6.07) is 1.24. The lowest BCUT2D eigenvalue weighted by molar-refractivity contribution is -0.141. The smallest absolute Gasteiger partial charge is 0.374 e. The molecule has 0 aliphatic carbocycles. The summed E-state index contributed by atoms with van der Waals surface area (Å²) in [5.74, 6) is 1.33. The number of carbonyl (C=O) groups excluding carboxylic acids is 2. The Morgan fingerprint density at radius 1 is 1.36 bits per heavy atom. The number of anilines is 1. The van der Waals surface area contributed by atoms with Crippen LogP contribution in [0.5, 0.6) is 17.2 Å². The summed E-state index contributed by atoms with van der Waals surface area (Å²) in [4.78, 5) is 31.7. The highest BCUT2D eigenvalue weighted by molar-refractivity contribution is 5.95. The van der Waals surface area contributed by atoms with Crippen molar-refractivity contribution in [2.75, 3.05) is 25.3 Å². The second kappa shape index (κ2) is 10.6. The molecule has 0 saturated carbocycles. The maximum absolute atomic E-state index is 12.8. The second-order valence-corrected chi connectivity index (χ2v) is 11.0. The number of hydrogen-bond donors (Lipinski definition) is 5. The Balaban J connectivity index is 1.37. The molecular formula is C28H35N7O7. The van der Waals surface area contributed by atoms with Gasteiger partial charge in [0.1, 0.15) is 41.8 Å². The highest BCUT2D eigenvalue weighted by Crippen LogP contribution is 2.50. The van der Waals surface area contributed by atoms with E-state index in [0.29, 0.717) is 54.0 Å². The molecule has 1 amide bonds. The Morgan fingerprint density at radius 3 is 2.90 bits per heavy atom. The number of esters is 1. The topological polar surface area (TPSA) is 174 Å². The predicted octanol–water partition coefficient (Wildman–Crippen LogP) is -0.0874. The van der Waals surface area contributed by atoms with Crippen molar-refractivity contribution in [3.8, 4) is 17.2 Å². The molecule has 0 spiro atoms. The van der Waals surface area contributed by atoms with E-state index in [4.69, 9.17) is 24.7 Å². The first-order valence-corrected chi connectivity index (χ1v) is 13.8. The first-order chi connectivity index (χ1) is 20.1. The third-order valence-corrected chi connectivity index (χ3v) is 7.75. The van der Waals surface area contributed by atoms with E-state index < -0.39 is 30.0 Å². The molecule has 42 heavy (non-hydrogen) atoms. The number of nitrogens with one attached hydrogen (secondary N) is 3. The number of ether oxygens (including phenoxy) is 4. The van der Waals surface area contributed by atoms with Gasteiger partial charge in [0.2, 0.25) is 17.6 Å². The fourth-order valence-electron chi connectivity index (χ4n) is 5.70. The summed E-state index contributed by atoms with van der Waals surface area (Å²) in [5, 5.41) is 19.7. The lowest BCUT2D eigenvalue weighted by Crippen LogP contribution is -2.70. The van der Waals surface area contributed by atoms with Gasteiger partial charge in [0.15, 0.2) is 0 Å². The second-order valence-electron chi connectivity index (χ2n) is 11.0. The number of benzene rings is 1. The van der Waals surface area contributed by atoms with E-state index in [1.165, 1.54) is 0 Å². The Hall–Kier alpha value is -4.11. The van der Waals surface area contributed by atoms with Crippen LogP contribution in [0, 0.1) is 0 Å². The number of aromatic nitrogens is 2. The zero-order chi connectivity index (χ0) is 29.8. The monoisotopic (exact) mass is 581 g/mol. The molecule has 1 aromatic carbocycles. The number of methoxy groups -OCH3 is 1. The molecule has 0 radical (unpaired) electrons. The predicted molar refractivity (Wildman–Crippen MR) is 150 cm³/mol. The van der Waals surface area contributed by atoms with Crippen LogP contribution in [0.15, 0.2) is 36.4 Å². The minimum Gasteiger partial charge on any atom is -0.496 e. The standard InChI is InChI=1S/C28H35N7O7/c1-5-40-25(37)18-10-14(20-17(41-18)12-16-15(22(20)39-4)11-19(42-16)28(2,3)38)6-8-34-9-7-30-27(34)35-13-31-21-23(35)32-26(29)33-24(21)36/h6-7,9-10,12,19,21,23,26,31-32,38H,5,8,11,13,29H2,1-4H3,(H,33,36)/b14-6+/t19-,21+,23-,26-/m0/s1. The number of allylic oxidation sites excluding steroid dienone is 3. The number of imidazole rings is 1. The van der Waals surface area contributed by atoms with Crippen LogP contribution in [-0.2, 0) is 27.3 Å². The molecule has 4 atom stereocenters. The minimum atomic E-state index is -1.09. The van der Waals surface area contributed by atoms with Crippen LogP contribution in [0.2, 0.25) is 0 Å². The molecule has 0 bridgehead atoms. The number of aliphatic hydroxyl groups is 1. The van der Waals surface area contributed by atoms with E-state index in [1.807, 2.05) is 21.7 Å². The maximum atomic E-state index is 12.8. The molecule has 1 aromatic heterocycles. The summed E-state index contributed by atoms with van der Waals surface area (Å²) in [6.07, 6.45) is 6.00. The number of nitrogens with two attached hydrogens (primary N) is 1. The third kappa shape index (κ3) is 4.85. The third-order valence-electron chi connectivity index (χ3n) is 7.75. The maximum Gasteiger partial charge on any atom is 0.374 e. The van der Waals surface area contributed by atoms with Gasteiger partial charge in [0.25, 0.3) is 0 Å². The minimum absolute atomic E-state index is 0.0264. The van der Waals surface area contributed by atoms with Gasteiger partial charge in [-0.05, 0) is 32.4 Å². The van der Waals surface area contributed by atoms with Crippen LogP contribution in [0.25, 0.3) is 5.57 Å². The van der Waals surface area contributed by atoms with Crippen LogP contribution in [0.4, 0.5) is 5.95 Å². The Labute approximate surface area is 242 Å². The molecule has 2 fully saturated rings. The number of rotatable bonds is 7. The molecule has 6 rings (SSSR count). The van der Waals surface area contributed by atoms with E-state index in [-0.39, 0.29) is 24.4 Å². The number of hydrogen-bond acceptors (Lipinski definition) is 12. The quantitative estimate of drug-likeness (QED) is 0.276. The van der Waals surface area contributed by atoms with Crippen LogP contribution in [0.1, 0.15) is 31.9 Å². The number of carbonyl (C=O) groups is 2. The summed E-state index contributed by atoms with van der Waals surface area (Å²) < 4.78 is 25.1. The first kappa shape index (κ1) is 28.0. The molecule has 4 aliphatic heterocycles. The van der Waals surface area contributed by atoms with Crippen molar-refractivity contribution >= 4 is 23.4 Å². The van der Waals surface area contributed by atoms with Gasteiger partial charge in [-0.25, -0.2) is 9.78 Å². The largest absolute Gasteiger partial charge is 0.496 e. The normalized spacial score (nSPS) is 25.6. The van der Waals surface area contributed by atoms with Crippen molar-refractivity contribution < 1.29 is 33.6 Å². The molecule has 14 heteroatoms. The summed E-state index contributed by atoms with van der Waals surface area (Å²) in [7, 11) is 1.57. The average molecular weight is 582 g/mol. The average Bonchev–Trinajstić information content (AvgIpc) is 3.68. The molecule has 2 aromatic rings. The zero-order valence-electron chi connectivity index (χ0n) is 23.8. The van der Waals surface area contributed by atoms with Gasteiger partial charge in [-0.3, -0.25) is 21.2 Å². The van der Waals surface area contributed by atoms with E-state index in [9.17, 15) is 14.7 Å². The van der Waals surface area contributed by atoms with Crippen LogP contribution in [-0.4, -0.2) is 77.1 Å². The summed E-state index contributed by atoms with van der Waals surface area (Å²) >= 11 is 0. The van der Waals surface area contributed by atoms with Gasteiger partial charge in [-0.2, -0.15) is 0 Å². The Kier molecular flexibility index (Phi) is 7.09. The fourth-order valence-corrected chi connectivity index (χ4v) is 5.70. The van der Waals surface area contributed by atoms with Crippen molar-refractivity contribution in [3.63, 3.8) is 0 Å². The van der Waals surface area contributed by atoms with Gasteiger partial charge >= 0.3 is 5.97 Å². The van der Waals surface area contributed by atoms with E-state index in [2.05, 4.69) is 20.9 Å². The molecule has 224 valence electrons. The zero-order valence-corrected chi connectivity index (χ0v) is 23.8. The van der Waals surface area contributed by atoms with E-state index in [1.54, 1.807) is 46.2 Å². The molecule has 4 aliphatic rings. The van der Waals surface area contributed by atoms with Gasteiger partial charge in [0.05, 0.1) is 31.5 Å². The fraction of sp³-hybridized carbons (Fsp3) is 0.464. The molecule has 14 nitrogen and oxygen atoms in total. The van der Waals surface area contributed by atoms with Crippen LogP contribution in [0.3, 0.4) is 0 Å².